The number of phenolic OH excluding ortho intramolecular Hbond substituents is 1. The Morgan fingerprint density at radius 3 is 2.86 bits per heavy atom. The number of aliphatic imine (C=N–C) groups is 1. The van der Waals surface area contributed by atoms with Gasteiger partial charge < -0.3 is 20.7 Å². The zero-order chi connectivity index (χ0) is 19.3. The van der Waals surface area contributed by atoms with Crippen LogP contribution in [0.15, 0.2) is 47.6 Å². The first-order chi connectivity index (χ1) is 13.8. The van der Waals surface area contributed by atoms with Gasteiger partial charge in [-0.2, -0.15) is 0 Å². The summed E-state index contributed by atoms with van der Waals surface area (Å²) in [4.78, 5) is 7.65. The maximum Gasteiger partial charge on any atom is 0.191 e. The van der Waals surface area contributed by atoms with Gasteiger partial charge in [-0.05, 0) is 60.9 Å². The summed E-state index contributed by atoms with van der Waals surface area (Å²) in [6, 6.07) is 12.3. The summed E-state index contributed by atoms with van der Waals surface area (Å²) < 4.78 is 0. The van der Waals surface area contributed by atoms with Crippen LogP contribution in [0, 0.1) is 0 Å². The average Bonchev–Trinajstić information content (AvgIpc) is 3.15. The molecule has 1 aromatic heterocycles. The SMILES string of the molecule is CN=C(NCCc1c[nH]c2ccccc12)NCc1c(O)ccc2c1CCCC2. The summed E-state index contributed by atoms with van der Waals surface area (Å²) >= 11 is 0. The van der Waals surface area contributed by atoms with Gasteiger partial charge in [0.05, 0.1) is 0 Å². The standard InChI is InChI=1S/C23H28N4O/c1-24-23(25-13-12-17-14-26-21-9-5-4-8-19(17)21)27-15-20-18-7-3-2-6-16(18)10-11-22(20)28/h4-5,8-11,14,26,28H,2-3,6-7,12-13,15H2,1H3,(H2,24,25,27). The second kappa shape index (κ2) is 8.38. The highest BCUT2D eigenvalue weighted by atomic mass is 16.3. The molecule has 146 valence electrons. The van der Waals surface area contributed by atoms with Crippen molar-refractivity contribution in [2.24, 2.45) is 4.99 Å². The van der Waals surface area contributed by atoms with Crippen molar-refractivity contribution in [2.75, 3.05) is 13.6 Å². The van der Waals surface area contributed by atoms with Crippen LogP contribution in [0.1, 0.15) is 35.1 Å². The fourth-order valence-corrected chi connectivity index (χ4v) is 4.14. The minimum Gasteiger partial charge on any atom is -0.508 e. The molecule has 28 heavy (non-hydrogen) atoms. The maximum absolute atomic E-state index is 10.4. The second-order valence-electron chi connectivity index (χ2n) is 7.37. The van der Waals surface area contributed by atoms with Gasteiger partial charge in [-0.15, -0.1) is 0 Å². The lowest BCUT2D eigenvalue weighted by Crippen LogP contribution is -2.38. The molecule has 0 aliphatic heterocycles. The molecule has 1 aliphatic carbocycles. The largest absolute Gasteiger partial charge is 0.508 e. The first-order valence-corrected chi connectivity index (χ1v) is 10.1. The third-order valence-electron chi connectivity index (χ3n) is 5.64. The molecule has 1 heterocycles. The topological polar surface area (TPSA) is 72.4 Å². The number of aromatic hydroxyl groups is 1. The molecule has 2 aromatic carbocycles. The summed E-state index contributed by atoms with van der Waals surface area (Å²) in [6.45, 7) is 1.38. The summed E-state index contributed by atoms with van der Waals surface area (Å²) in [5.41, 5.74) is 6.17. The minimum absolute atomic E-state index is 0.377. The maximum atomic E-state index is 10.4. The van der Waals surface area contributed by atoms with E-state index in [1.807, 2.05) is 12.1 Å². The van der Waals surface area contributed by atoms with Crippen LogP contribution in [0.5, 0.6) is 5.75 Å². The van der Waals surface area contributed by atoms with E-state index in [0.29, 0.717) is 12.3 Å². The number of aromatic nitrogens is 1. The van der Waals surface area contributed by atoms with E-state index in [0.717, 1.165) is 37.3 Å². The molecule has 0 saturated heterocycles. The van der Waals surface area contributed by atoms with Crippen molar-refractivity contribution >= 4 is 16.9 Å². The quantitative estimate of drug-likeness (QED) is 0.406. The Balaban J connectivity index is 1.36. The van der Waals surface area contributed by atoms with E-state index < -0.39 is 0 Å². The van der Waals surface area contributed by atoms with Crippen molar-refractivity contribution < 1.29 is 5.11 Å². The lowest BCUT2D eigenvalue weighted by molar-refractivity contribution is 0.464. The van der Waals surface area contributed by atoms with Gasteiger partial charge in [0, 0.05) is 42.8 Å². The molecular weight excluding hydrogens is 348 g/mol. The zero-order valence-corrected chi connectivity index (χ0v) is 16.4. The fourth-order valence-electron chi connectivity index (χ4n) is 4.14. The van der Waals surface area contributed by atoms with E-state index in [1.165, 1.54) is 40.4 Å². The van der Waals surface area contributed by atoms with Gasteiger partial charge in [-0.3, -0.25) is 4.99 Å². The molecule has 5 nitrogen and oxygen atoms in total. The van der Waals surface area contributed by atoms with Gasteiger partial charge in [-0.1, -0.05) is 24.3 Å². The van der Waals surface area contributed by atoms with E-state index in [2.05, 4.69) is 51.1 Å². The lowest BCUT2D eigenvalue weighted by Gasteiger charge is -2.21. The molecule has 0 amide bonds. The predicted octanol–water partition coefficient (Wildman–Crippen LogP) is 3.66. The first-order valence-electron chi connectivity index (χ1n) is 10.1. The molecule has 0 bridgehead atoms. The van der Waals surface area contributed by atoms with E-state index >= 15 is 0 Å². The Morgan fingerprint density at radius 2 is 1.96 bits per heavy atom. The number of hydrogen-bond donors (Lipinski definition) is 4. The van der Waals surface area contributed by atoms with Crippen molar-refractivity contribution in [2.45, 2.75) is 38.6 Å². The number of rotatable bonds is 5. The fraction of sp³-hybridized carbons (Fsp3) is 0.348. The monoisotopic (exact) mass is 376 g/mol. The van der Waals surface area contributed by atoms with Crippen LogP contribution in [-0.4, -0.2) is 29.6 Å². The number of nitrogens with zero attached hydrogens (tertiary/aromatic N) is 1. The second-order valence-corrected chi connectivity index (χ2v) is 7.37. The molecule has 1 aliphatic rings. The summed E-state index contributed by atoms with van der Waals surface area (Å²) in [5.74, 6) is 1.13. The number of benzene rings is 2. The summed E-state index contributed by atoms with van der Waals surface area (Å²) in [6.07, 6.45) is 7.59. The van der Waals surface area contributed by atoms with E-state index in [4.69, 9.17) is 0 Å². The average molecular weight is 377 g/mol. The van der Waals surface area contributed by atoms with Crippen LogP contribution < -0.4 is 10.6 Å². The number of H-pyrrole nitrogens is 1. The van der Waals surface area contributed by atoms with Crippen LogP contribution in [0.3, 0.4) is 0 Å². The Kier molecular flexibility index (Phi) is 5.51. The van der Waals surface area contributed by atoms with Crippen molar-refractivity contribution in [3.63, 3.8) is 0 Å². The number of nitrogens with one attached hydrogen (secondary N) is 3. The Bertz CT molecular complexity index is 989. The number of aromatic amines is 1. The minimum atomic E-state index is 0.377. The molecule has 0 atom stereocenters. The van der Waals surface area contributed by atoms with Gasteiger partial charge in [0.1, 0.15) is 5.75 Å². The number of para-hydroxylation sites is 1. The number of aryl methyl sites for hydroxylation is 1. The molecule has 0 spiro atoms. The van der Waals surface area contributed by atoms with Gasteiger partial charge in [-0.25, -0.2) is 0 Å². The molecule has 3 aromatic rings. The van der Waals surface area contributed by atoms with Crippen LogP contribution >= 0.6 is 0 Å². The molecule has 0 saturated carbocycles. The van der Waals surface area contributed by atoms with Crippen molar-refractivity contribution in [3.05, 3.63) is 64.8 Å². The highest BCUT2D eigenvalue weighted by molar-refractivity contribution is 5.83. The normalized spacial score (nSPS) is 14.1. The molecule has 0 radical (unpaired) electrons. The Hall–Kier alpha value is -2.95. The van der Waals surface area contributed by atoms with Crippen molar-refractivity contribution in [1.82, 2.24) is 15.6 Å². The van der Waals surface area contributed by atoms with Crippen LogP contribution in [0.25, 0.3) is 10.9 Å². The number of hydrogen-bond acceptors (Lipinski definition) is 2. The molecule has 0 unspecified atom stereocenters. The lowest BCUT2D eigenvalue weighted by atomic mass is 9.88. The molecule has 4 N–H and O–H groups in total. The Labute approximate surface area is 165 Å². The highest BCUT2D eigenvalue weighted by Gasteiger charge is 2.16. The van der Waals surface area contributed by atoms with E-state index in [9.17, 15) is 5.11 Å². The third-order valence-corrected chi connectivity index (χ3v) is 5.64. The third kappa shape index (κ3) is 3.84. The smallest absolute Gasteiger partial charge is 0.191 e. The number of fused-ring (bicyclic) bond motifs is 2. The van der Waals surface area contributed by atoms with Gasteiger partial charge in [0.25, 0.3) is 0 Å². The van der Waals surface area contributed by atoms with Crippen LogP contribution in [0.4, 0.5) is 0 Å². The van der Waals surface area contributed by atoms with Gasteiger partial charge in [0.2, 0.25) is 0 Å². The van der Waals surface area contributed by atoms with E-state index in [1.54, 1.807) is 7.05 Å². The van der Waals surface area contributed by atoms with E-state index in [-0.39, 0.29) is 0 Å². The first kappa shape index (κ1) is 18.4. The van der Waals surface area contributed by atoms with Gasteiger partial charge in [0.15, 0.2) is 5.96 Å². The molecule has 4 rings (SSSR count). The molecular formula is C23H28N4O. The molecule has 0 fully saturated rings. The number of guanidine groups is 1. The molecule has 5 heteroatoms. The predicted molar refractivity (Wildman–Crippen MR) is 115 cm³/mol. The van der Waals surface area contributed by atoms with Crippen LogP contribution in [0.2, 0.25) is 0 Å². The zero-order valence-electron chi connectivity index (χ0n) is 16.4. The van der Waals surface area contributed by atoms with Crippen LogP contribution in [-0.2, 0) is 25.8 Å². The van der Waals surface area contributed by atoms with Crippen molar-refractivity contribution in [3.8, 4) is 5.75 Å². The van der Waals surface area contributed by atoms with Gasteiger partial charge >= 0.3 is 0 Å². The Morgan fingerprint density at radius 1 is 1.11 bits per heavy atom. The number of phenols is 1. The van der Waals surface area contributed by atoms with Crippen molar-refractivity contribution in [1.29, 1.82) is 0 Å². The highest BCUT2D eigenvalue weighted by Crippen LogP contribution is 2.30. The summed E-state index contributed by atoms with van der Waals surface area (Å²) in [7, 11) is 1.78. The summed E-state index contributed by atoms with van der Waals surface area (Å²) in [5, 5.41) is 18.4.